The van der Waals surface area contributed by atoms with Crippen LogP contribution in [0.15, 0.2) is 0 Å². The first-order chi connectivity index (χ1) is 8.76. The van der Waals surface area contributed by atoms with Crippen LogP contribution in [0.3, 0.4) is 0 Å². The van der Waals surface area contributed by atoms with Gasteiger partial charge < -0.3 is 15.1 Å². The molecule has 0 aromatic rings. The summed E-state index contributed by atoms with van der Waals surface area (Å²) in [6.07, 6.45) is 1.24. The Morgan fingerprint density at radius 2 is 1.68 bits per heavy atom. The van der Waals surface area contributed by atoms with Crippen molar-refractivity contribution < 1.29 is 0 Å². The van der Waals surface area contributed by atoms with Gasteiger partial charge in [-0.25, -0.2) is 0 Å². The van der Waals surface area contributed by atoms with Gasteiger partial charge in [0.05, 0.1) is 0 Å². The fourth-order valence-electron chi connectivity index (χ4n) is 2.29. The highest BCUT2D eigenvalue weighted by atomic mass is 15.2. The third-order valence-corrected chi connectivity index (χ3v) is 3.21. The molecule has 19 heavy (non-hydrogen) atoms. The molecule has 0 aliphatic rings. The molecule has 0 bridgehead atoms. The third-order valence-electron chi connectivity index (χ3n) is 3.21. The zero-order chi connectivity index (χ0) is 14.9. The molecule has 0 unspecified atom stereocenters. The van der Waals surface area contributed by atoms with Gasteiger partial charge in [0.1, 0.15) is 0 Å². The topological polar surface area (TPSA) is 18.5 Å². The van der Waals surface area contributed by atoms with Crippen molar-refractivity contribution in [2.45, 2.75) is 41.0 Å². The highest BCUT2D eigenvalue weighted by molar-refractivity contribution is 4.77. The SMILES string of the molecule is CCCN(CCN(C)C)CC(C)(C)CNCC(C)C. The molecule has 1 N–H and O–H groups in total. The van der Waals surface area contributed by atoms with E-state index in [9.17, 15) is 0 Å². The number of hydrogen-bond acceptors (Lipinski definition) is 3. The highest BCUT2D eigenvalue weighted by Gasteiger charge is 2.21. The van der Waals surface area contributed by atoms with Gasteiger partial charge in [0.2, 0.25) is 0 Å². The van der Waals surface area contributed by atoms with E-state index in [1.807, 2.05) is 0 Å². The molecule has 0 rings (SSSR count). The van der Waals surface area contributed by atoms with Crippen LogP contribution in [0, 0.1) is 11.3 Å². The number of rotatable bonds is 11. The molecule has 3 nitrogen and oxygen atoms in total. The minimum absolute atomic E-state index is 0.344. The Balaban J connectivity index is 4.13. The number of nitrogens with one attached hydrogen (secondary N) is 1. The first kappa shape index (κ1) is 18.9. The van der Waals surface area contributed by atoms with Crippen LogP contribution in [0.25, 0.3) is 0 Å². The van der Waals surface area contributed by atoms with Crippen molar-refractivity contribution in [2.24, 2.45) is 11.3 Å². The molecule has 0 spiro atoms. The largest absolute Gasteiger partial charge is 0.316 e. The molecule has 0 aromatic carbocycles. The maximum absolute atomic E-state index is 3.60. The van der Waals surface area contributed by atoms with Gasteiger partial charge in [0.15, 0.2) is 0 Å². The summed E-state index contributed by atoms with van der Waals surface area (Å²) in [7, 11) is 4.30. The summed E-state index contributed by atoms with van der Waals surface area (Å²) in [5.41, 5.74) is 0.344. The van der Waals surface area contributed by atoms with E-state index in [1.54, 1.807) is 0 Å². The van der Waals surface area contributed by atoms with Crippen LogP contribution in [0.2, 0.25) is 0 Å². The molecular weight excluding hydrogens is 234 g/mol. The van der Waals surface area contributed by atoms with E-state index in [0.29, 0.717) is 5.41 Å². The van der Waals surface area contributed by atoms with Crippen molar-refractivity contribution in [1.29, 1.82) is 0 Å². The number of likely N-dealkylation sites (N-methyl/N-ethyl adjacent to an activating group) is 1. The summed E-state index contributed by atoms with van der Waals surface area (Å²) in [6.45, 7) is 18.5. The van der Waals surface area contributed by atoms with Crippen molar-refractivity contribution in [3.63, 3.8) is 0 Å². The Labute approximate surface area is 121 Å². The normalized spacial score (nSPS) is 12.9. The maximum atomic E-state index is 3.60. The number of hydrogen-bond donors (Lipinski definition) is 1. The van der Waals surface area contributed by atoms with Crippen LogP contribution in [0.4, 0.5) is 0 Å². The van der Waals surface area contributed by atoms with Gasteiger partial charge in [-0.2, -0.15) is 0 Å². The summed E-state index contributed by atoms with van der Waals surface area (Å²) >= 11 is 0. The molecule has 116 valence electrons. The van der Waals surface area contributed by atoms with E-state index < -0.39 is 0 Å². The zero-order valence-corrected chi connectivity index (χ0v) is 14.4. The first-order valence-electron chi connectivity index (χ1n) is 7.84. The van der Waals surface area contributed by atoms with Gasteiger partial charge in [-0.1, -0.05) is 34.6 Å². The van der Waals surface area contributed by atoms with Crippen LogP contribution < -0.4 is 5.32 Å². The van der Waals surface area contributed by atoms with Crippen LogP contribution in [-0.2, 0) is 0 Å². The lowest BCUT2D eigenvalue weighted by Crippen LogP contribution is -2.43. The summed E-state index contributed by atoms with van der Waals surface area (Å²) in [5, 5.41) is 3.60. The molecule has 0 aromatic heterocycles. The average Bonchev–Trinajstić information content (AvgIpc) is 2.24. The molecule has 0 radical (unpaired) electrons. The van der Waals surface area contributed by atoms with Crippen molar-refractivity contribution in [1.82, 2.24) is 15.1 Å². The highest BCUT2D eigenvalue weighted by Crippen LogP contribution is 2.16. The van der Waals surface area contributed by atoms with Gasteiger partial charge in [0, 0.05) is 26.2 Å². The van der Waals surface area contributed by atoms with Gasteiger partial charge in [-0.15, -0.1) is 0 Å². The first-order valence-corrected chi connectivity index (χ1v) is 7.84. The van der Waals surface area contributed by atoms with Crippen molar-refractivity contribution >= 4 is 0 Å². The van der Waals surface area contributed by atoms with Crippen LogP contribution in [0.1, 0.15) is 41.0 Å². The van der Waals surface area contributed by atoms with E-state index in [-0.39, 0.29) is 0 Å². The molecule has 0 saturated heterocycles. The summed E-state index contributed by atoms with van der Waals surface area (Å²) in [5.74, 6) is 0.733. The second-order valence-electron chi connectivity index (χ2n) is 7.27. The lowest BCUT2D eigenvalue weighted by atomic mass is 9.92. The van der Waals surface area contributed by atoms with E-state index in [4.69, 9.17) is 0 Å². The quantitative estimate of drug-likeness (QED) is 0.623. The predicted octanol–water partition coefficient (Wildman–Crippen LogP) is 2.53. The van der Waals surface area contributed by atoms with Crippen LogP contribution in [-0.4, -0.2) is 63.2 Å². The van der Waals surface area contributed by atoms with Crippen molar-refractivity contribution in [3.05, 3.63) is 0 Å². The molecule has 0 heterocycles. The maximum Gasteiger partial charge on any atom is 0.0109 e. The number of nitrogens with zero attached hydrogens (tertiary/aromatic N) is 2. The van der Waals surface area contributed by atoms with Crippen molar-refractivity contribution in [2.75, 3.05) is 53.4 Å². The summed E-state index contributed by atoms with van der Waals surface area (Å²) < 4.78 is 0. The fourth-order valence-corrected chi connectivity index (χ4v) is 2.29. The lowest BCUT2D eigenvalue weighted by Gasteiger charge is -2.33. The Morgan fingerprint density at radius 3 is 2.16 bits per heavy atom. The molecule has 0 saturated carbocycles. The second-order valence-corrected chi connectivity index (χ2v) is 7.27. The molecule has 3 heteroatoms. The molecule has 0 atom stereocenters. The Hall–Kier alpha value is -0.120. The summed E-state index contributed by atoms with van der Waals surface area (Å²) in [6, 6.07) is 0. The molecule has 0 amide bonds. The standard InChI is InChI=1S/C16H37N3/c1-8-9-19(11-10-18(6)7)14-16(4,5)13-17-12-15(2)3/h15,17H,8-14H2,1-7H3. The van der Waals surface area contributed by atoms with Gasteiger partial charge in [0.25, 0.3) is 0 Å². The van der Waals surface area contributed by atoms with Gasteiger partial charge in [-0.3, -0.25) is 0 Å². The van der Waals surface area contributed by atoms with Gasteiger partial charge >= 0.3 is 0 Å². The van der Waals surface area contributed by atoms with E-state index in [0.717, 1.165) is 25.6 Å². The lowest BCUT2D eigenvalue weighted by molar-refractivity contribution is 0.161. The smallest absolute Gasteiger partial charge is 0.0109 e. The fraction of sp³-hybridized carbons (Fsp3) is 1.00. The monoisotopic (exact) mass is 271 g/mol. The van der Waals surface area contributed by atoms with Crippen LogP contribution in [0.5, 0.6) is 0 Å². The van der Waals surface area contributed by atoms with E-state index >= 15 is 0 Å². The molecule has 0 aliphatic carbocycles. The minimum Gasteiger partial charge on any atom is -0.316 e. The Morgan fingerprint density at radius 1 is 1.05 bits per heavy atom. The van der Waals surface area contributed by atoms with E-state index in [1.165, 1.54) is 26.1 Å². The van der Waals surface area contributed by atoms with Crippen LogP contribution >= 0.6 is 0 Å². The minimum atomic E-state index is 0.344. The van der Waals surface area contributed by atoms with Crippen molar-refractivity contribution in [3.8, 4) is 0 Å². The predicted molar refractivity (Wildman–Crippen MR) is 86.8 cm³/mol. The molecular formula is C16H37N3. The average molecular weight is 271 g/mol. The second kappa shape index (κ2) is 9.73. The summed E-state index contributed by atoms with van der Waals surface area (Å²) in [4.78, 5) is 4.88. The Bertz CT molecular complexity index is 212. The third kappa shape index (κ3) is 11.4. The van der Waals surface area contributed by atoms with Gasteiger partial charge in [-0.05, 0) is 44.9 Å². The molecule has 0 aliphatic heterocycles. The Kier molecular flexibility index (Phi) is 9.67. The van der Waals surface area contributed by atoms with E-state index in [2.05, 4.69) is 63.8 Å². The zero-order valence-electron chi connectivity index (χ0n) is 14.4. The molecule has 0 fully saturated rings.